The summed E-state index contributed by atoms with van der Waals surface area (Å²) in [4.78, 5) is 16.4. The Bertz CT molecular complexity index is 493. The fourth-order valence-corrected chi connectivity index (χ4v) is 3.78. The van der Waals surface area contributed by atoms with Gasteiger partial charge in [-0.1, -0.05) is 13.3 Å². The average Bonchev–Trinajstić information content (AvgIpc) is 2.88. The molecule has 0 aliphatic heterocycles. The van der Waals surface area contributed by atoms with E-state index in [-0.39, 0.29) is 12.5 Å². The van der Waals surface area contributed by atoms with Gasteiger partial charge in [0.2, 0.25) is 0 Å². The molecule has 0 radical (unpaired) electrons. The molecule has 3 nitrogen and oxygen atoms in total. The Morgan fingerprint density at radius 3 is 2.85 bits per heavy atom. The van der Waals surface area contributed by atoms with Crippen molar-refractivity contribution in [1.29, 1.82) is 0 Å². The highest BCUT2D eigenvalue weighted by Gasteiger charge is 2.30. The van der Waals surface area contributed by atoms with Crippen molar-refractivity contribution in [3.8, 4) is 0 Å². The van der Waals surface area contributed by atoms with Crippen LogP contribution in [0.15, 0.2) is 6.07 Å². The van der Waals surface area contributed by atoms with E-state index >= 15 is 0 Å². The van der Waals surface area contributed by atoms with Crippen LogP contribution in [-0.2, 0) is 12.8 Å². The summed E-state index contributed by atoms with van der Waals surface area (Å²) in [6, 6.07) is 2.08. The normalized spacial score (nSPS) is 18.8. The second-order valence-electron chi connectivity index (χ2n) is 6.41. The molecule has 1 atom stereocenters. The van der Waals surface area contributed by atoms with Crippen molar-refractivity contribution >= 4 is 17.2 Å². The minimum absolute atomic E-state index is 0.0245. The van der Waals surface area contributed by atoms with Crippen molar-refractivity contribution in [1.82, 2.24) is 4.90 Å². The maximum Gasteiger partial charge on any atom is 0.264 e. The molecule has 0 saturated heterocycles. The van der Waals surface area contributed by atoms with E-state index in [0.29, 0.717) is 0 Å². The first-order chi connectivity index (χ1) is 9.39. The quantitative estimate of drug-likeness (QED) is 0.927. The standard InChI is InChI=1S/C16H25NO2S/c1-5-11-6-7-13-12(8-11)9-14(20-13)15(19)17(4)16(2,3)10-18/h9,11,18H,5-8,10H2,1-4H3. The van der Waals surface area contributed by atoms with E-state index in [1.54, 1.807) is 23.3 Å². The van der Waals surface area contributed by atoms with Crippen molar-refractivity contribution in [2.75, 3.05) is 13.7 Å². The number of likely N-dealkylation sites (N-methyl/N-ethyl adjacent to an activating group) is 1. The molecule has 1 amide bonds. The van der Waals surface area contributed by atoms with E-state index in [9.17, 15) is 9.90 Å². The van der Waals surface area contributed by atoms with E-state index in [4.69, 9.17) is 0 Å². The number of thiophene rings is 1. The number of aliphatic hydroxyl groups excluding tert-OH is 1. The van der Waals surface area contributed by atoms with Crippen LogP contribution in [0.2, 0.25) is 0 Å². The number of amides is 1. The molecule has 0 bridgehead atoms. The number of hydrogen-bond donors (Lipinski definition) is 1. The van der Waals surface area contributed by atoms with E-state index < -0.39 is 5.54 Å². The first-order valence-electron chi connectivity index (χ1n) is 7.39. The van der Waals surface area contributed by atoms with Crippen LogP contribution in [0.25, 0.3) is 0 Å². The average molecular weight is 295 g/mol. The highest BCUT2D eigenvalue weighted by molar-refractivity contribution is 7.14. The minimum Gasteiger partial charge on any atom is -0.394 e. The van der Waals surface area contributed by atoms with Gasteiger partial charge in [-0.15, -0.1) is 11.3 Å². The molecule has 1 aromatic rings. The second-order valence-corrected chi connectivity index (χ2v) is 7.55. The smallest absolute Gasteiger partial charge is 0.264 e. The number of hydrogen-bond acceptors (Lipinski definition) is 3. The van der Waals surface area contributed by atoms with Crippen LogP contribution >= 0.6 is 11.3 Å². The summed E-state index contributed by atoms with van der Waals surface area (Å²) in [6.45, 7) is 5.97. The van der Waals surface area contributed by atoms with Gasteiger partial charge in [-0.05, 0) is 50.7 Å². The maximum atomic E-state index is 12.5. The molecule has 20 heavy (non-hydrogen) atoms. The molecule has 1 aliphatic rings. The first-order valence-corrected chi connectivity index (χ1v) is 8.21. The van der Waals surface area contributed by atoms with Crippen LogP contribution in [0, 0.1) is 5.92 Å². The lowest BCUT2D eigenvalue weighted by molar-refractivity contribution is 0.0477. The Balaban J connectivity index is 2.19. The van der Waals surface area contributed by atoms with Gasteiger partial charge >= 0.3 is 0 Å². The molecule has 1 aromatic heterocycles. The number of carbonyl (C=O) groups is 1. The predicted molar refractivity (Wildman–Crippen MR) is 83.4 cm³/mol. The summed E-state index contributed by atoms with van der Waals surface area (Å²) >= 11 is 1.64. The highest BCUT2D eigenvalue weighted by Crippen LogP contribution is 2.34. The SMILES string of the molecule is CCC1CCc2sc(C(=O)N(C)C(C)(C)CO)cc2C1. The Hall–Kier alpha value is -0.870. The zero-order chi connectivity index (χ0) is 14.9. The van der Waals surface area contributed by atoms with Crippen molar-refractivity contribution < 1.29 is 9.90 Å². The molecule has 1 unspecified atom stereocenters. The predicted octanol–water partition coefficient (Wildman–Crippen LogP) is 3.11. The van der Waals surface area contributed by atoms with Crippen LogP contribution in [0.4, 0.5) is 0 Å². The summed E-state index contributed by atoms with van der Waals surface area (Å²) in [7, 11) is 1.77. The third-order valence-corrected chi connectivity index (χ3v) is 5.80. The maximum absolute atomic E-state index is 12.5. The molecule has 0 aromatic carbocycles. The third kappa shape index (κ3) is 2.91. The van der Waals surface area contributed by atoms with Gasteiger partial charge in [0.15, 0.2) is 0 Å². The summed E-state index contributed by atoms with van der Waals surface area (Å²) in [5.41, 5.74) is 0.847. The van der Waals surface area contributed by atoms with E-state index in [1.807, 2.05) is 13.8 Å². The van der Waals surface area contributed by atoms with E-state index in [2.05, 4.69) is 13.0 Å². The summed E-state index contributed by atoms with van der Waals surface area (Å²) in [5.74, 6) is 0.795. The fourth-order valence-electron chi connectivity index (χ4n) is 2.60. The lowest BCUT2D eigenvalue weighted by Gasteiger charge is -2.33. The first kappa shape index (κ1) is 15.5. The van der Waals surface area contributed by atoms with Crippen LogP contribution in [0.3, 0.4) is 0 Å². The molecule has 0 fully saturated rings. The van der Waals surface area contributed by atoms with Crippen LogP contribution in [-0.4, -0.2) is 35.1 Å². The Labute approximate surface area is 125 Å². The van der Waals surface area contributed by atoms with Gasteiger partial charge in [0.05, 0.1) is 17.0 Å². The Morgan fingerprint density at radius 2 is 2.25 bits per heavy atom. The van der Waals surface area contributed by atoms with Crippen LogP contribution < -0.4 is 0 Å². The molecule has 112 valence electrons. The number of carbonyl (C=O) groups excluding carboxylic acids is 1. The Morgan fingerprint density at radius 1 is 1.55 bits per heavy atom. The van der Waals surface area contributed by atoms with Crippen LogP contribution in [0.1, 0.15) is 53.7 Å². The third-order valence-electron chi connectivity index (χ3n) is 4.57. The zero-order valence-electron chi connectivity index (χ0n) is 12.9. The fraction of sp³-hybridized carbons (Fsp3) is 0.688. The molecule has 1 aliphatic carbocycles. The van der Waals surface area contributed by atoms with Gasteiger partial charge in [-0.25, -0.2) is 0 Å². The number of nitrogens with zero attached hydrogens (tertiary/aromatic N) is 1. The zero-order valence-corrected chi connectivity index (χ0v) is 13.7. The van der Waals surface area contributed by atoms with Gasteiger partial charge < -0.3 is 10.0 Å². The summed E-state index contributed by atoms with van der Waals surface area (Å²) in [6.07, 6.45) is 4.69. The van der Waals surface area contributed by atoms with Gasteiger partial charge in [0, 0.05) is 11.9 Å². The Kier molecular flexibility index (Phi) is 4.55. The number of aryl methyl sites for hydroxylation is 1. The lowest BCUT2D eigenvalue weighted by Crippen LogP contribution is -2.47. The van der Waals surface area contributed by atoms with E-state index in [1.165, 1.54) is 23.3 Å². The van der Waals surface area contributed by atoms with Crippen molar-refractivity contribution in [2.45, 2.75) is 52.0 Å². The van der Waals surface area contributed by atoms with Crippen molar-refractivity contribution in [3.05, 3.63) is 21.4 Å². The van der Waals surface area contributed by atoms with Gasteiger partial charge in [-0.3, -0.25) is 4.79 Å². The molecule has 0 saturated carbocycles. The number of aliphatic hydroxyl groups is 1. The van der Waals surface area contributed by atoms with Crippen LogP contribution in [0.5, 0.6) is 0 Å². The summed E-state index contributed by atoms with van der Waals surface area (Å²) in [5, 5.41) is 9.40. The van der Waals surface area contributed by atoms with Crippen molar-refractivity contribution in [3.63, 3.8) is 0 Å². The number of fused-ring (bicyclic) bond motifs is 1. The topological polar surface area (TPSA) is 40.5 Å². The van der Waals surface area contributed by atoms with Gasteiger partial charge in [0.1, 0.15) is 0 Å². The van der Waals surface area contributed by atoms with Gasteiger partial charge in [0.25, 0.3) is 5.91 Å². The highest BCUT2D eigenvalue weighted by atomic mass is 32.1. The molecular formula is C16H25NO2S. The number of rotatable bonds is 4. The van der Waals surface area contributed by atoms with E-state index in [0.717, 1.165) is 23.6 Å². The largest absolute Gasteiger partial charge is 0.394 e. The molecule has 2 rings (SSSR count). The molecule has 1 heterocycles. The summed E-state index contributed by atoms with van der Waals surface area (Å²) < 4.78 is 0. The monoisotopic (exact) mass is 295 g/mol. The van der Waals surface area contributed by atoms with Crippen molar-refractivity contribution in [2.24, 2.45) is 5.92 Å². The molecular weight excluding hydrogens is 270 g/mol. The molecule has 0 spiro atoms. The van der Waals surface area contributed by atoms with Gasteiger partial charge in [-0.2, -0.15) is 0 Å². The second kappa shape index (κ2) is 5.86. The molecule has 1 N–H and O–H groups in total. The minimum atomic E-state index is -0.520. The molecule has 4 heteroatoms. The lowest BCUT2D eigenvalue weighted by atomic mass is 9.87.